The Kier molecular flexibility index (Phi) is 6.40. The molecule has 0 unspecified atom stereocenters. The van der Waals surface area contributed by atoms with Gasteiger partial charge in [-0.3, -0.25) is 4.79 Å². The Hall–Kier alpha value is -1.82. The van der Waals surface area contributed by atoms with Crippen molar-refractivity contribution in [1.82, 2.24) is 9.29 Å². The molecule has 11 heteroatoms. The lowest BCUT2D eigenvalue weighted by Crippen LogP contribution is -2.35. The van der Waals surface area contributed by atoms with Crippen molar-refractivity contribution in [3.8, 4) is 0 Å². The molecule has 0 atom stereocenters. The molecule has 0 aliphatic rings. The zero-order chi connectivity index (χ0) is 20.4. The maximum atomic E-state index is 12.8. The molecule has 0 spiro atoms. The Balaban J connectivity index is 2.24. The molecule has 1 aromatic heterocycles. The fraction of sp³-hybridized carbons (Fsp3) is 0.250. The largest absolute Gasteiger partial charge is 0.310 e. The number of aryl methyl sites for hydroxylation is 1. The van der Waals surface area contributed by atoms with E-state index in [1.165, 1.54) is 19.2 Å². The second kappa shape index (κ2) is 8.05. The van der Waals surface area contributed by atoms with Crippen LogP contribution in [0.2, 0.25) is 0 Å². The number of likely N-dealkylation sites (N-methyl/N-ethyl adjacent to an activating group) is 1. The quantitative estimate of drug-likeness (QED) is 0.681. The van der Waals surface area contributed by atoms with E-state index in [0.29, 0.717) is 11.5 Å². The van der Waals surface area contributed by atoms with Gasteiger partial charge in [-0.05, 0) is 53.2 Å². The van der Waals surface area contributed by atoms with E-state index in [0.717, 1.165) is 16.6 Å². The van der Waals surface area contributed by atoms with Crippen molar-refractivity contribution in [2.75, 3.05) is 25.2 Å². The monoisotopic (exact) mass is 475 g/mol. The molecule has 1 aromatic carbocycles. The molecule has 0 radical (unpaired) electrons. The maximum absolute atomic E-state index is 12.8. The minimum atomic E-state index is -4.11. The number of halogens is 1. The van der Waals surface area contributed by atoms with Gasteiger partial charge in [0.15, 0.2) is 9.84 Å². The van der Waals surface area contributed by atoms with E-state index in [2.05, 4.69) is 26.2 Å². The minimum Gasteiger partial charge on any atom is -0.310 e. The molecule has 0 saturated carbocycles. The Labute approximate surface area is 166 Å². The fourth-order valence-electron chi connectivity index (χ4n) is 2.16. The summed E-state index contributed by atoms with van der Waals surface area (Å²) in [5.41, 5.74) is 0.704. The molecule has 0 aliphatic carbocycles. The number of sulfone groups is 1. The van der Waals surface area contributed by atoms with Gasteiger partial charge in [-0.1, -0.05) is 6.07 Å². The van der Waals surface area contributed by atoms with Crippen LogP contribution in [0.15, 0.2) is 50.7 Å². The van der Waals surface area contributed by atoms with Gasteiger partial charge in [0.1, 0.15) is 5.82 Å². The molecular formula is C16H18BrN3O5S2. The van der Waals surface area contributed by atoms with Crippen LogP contribution in [-0.4, -0.2) is 51.9 Å². The highest BCUT2D eigenvalue weighted by Crippen LogP contribution is 2.27. The predicted octanol–water partition coefficient (Wildman–Crippen LogP) is 1.82. The number of hydrogen-bond donors (Lipinski definition) is 1. The predicted molar refractivity (Wildman–Crippen MR) is 105 cm³/mol. The van der Waals surface area contributed by atoms with Crippen molar-refractivity contribution in [2.45, 2.75) is 16.7 Å². The van der Waals surface area contributed by atoms with E-state index < -0.39 is 32.3 Å². The molecular weight excluding hydrogens is 458 g/mol. The number of sulfonamides is 1. The third-order valence-corrected chi connectivity index (χ3v) is 7.45. The number of benzene rings is 1. The third kappa shape index (κ3) is 5.34. The van der Waals surface area contributed by atoms with Crippen molar-refractivity contribution >= 4 is 47.5 Å². The minimum absolute atomic E-state index is 0.133. The van der Waals surface area contributed by atoms with E-state index in [-0.39, 0.29) is 14.3 Å². The van der Waals surface area contributed by atoms with E-state index in [9.17, 15) is 21.6 Å². The normalized spacial score (nSPS) is 12.2. The molecule has 1 amide bonds. The highest BCUT2D eigenvalue weighted by molar-refractivity contribution is 9.10. The molecule has 1 heterocycles. The zero-order valence-electron chi connectivity index (χ0n) is 14.8. The van der Waals surface area contributed by atoms with Crippen molar-refractivity contribution in [3.63, 3.8) is 0 Å². The van der Waals surface area contributed by atoms with Gasteiger partial charge in [-0.25, -0.2) is 21.8 Å². The summed E-state index contributed by atoms with van der Waals surface area (Å²) in [4.78, 5) is 15.9. The number of carbonyl (C=O) groups excluding carboxylic acids is 1. The number of hydrogen-bond acceptors (Lipinski definition) is 6. The summed E-state index contributed by atoms with van der Waals surface area (Å²) in [5, 5.41) is 2.52. The Morgan fingerprint density at radius 2 is 1.85 bits per heavy atom. The van der Waals surface area contributed by atoms with Gasteiger partial charge in [-0.2, -0.15) is 4.31 Å². The summed E-state index contributed by atoms with van der Waals surface area (Å²) in [6, 6.07) is 8.77. The van der Waals surface area contributed by atoms with Gasteiger partial charge < -0.3 is 5.32 Å². The lowest BCUT2D eigenvalue weighted by Gasteiger charge is -2.18. The molecule has 1 N–H and O–H groups in total. The summed E-state index contributed by atoms with van der Waals surface area (Å²) in [5.74, 6) is -0.263. The number of amides is 1. The molecule has 8 nitrogen and oxygen atoms in total. The number of rotatable bonds is 6. The smallest absolute Gasteiger partial charge is 0.244 e. The standard InChI is InChI=1S/C16H18BrN3O5S2/c1-11-5-4-6-15(18-11)19-16(21)10-20(2)27(24,25)14-9-12(26(3,22)23)7-8-13(14)17/h4-9H,10H2,1-3H3,(H,18,19,21). The van der Waals surface area contributed by atoms with Crippen LogP contribution in [0.4, 0.5) is 5.82 Å². The first-order chi connectivity index (χ1) is 12.4. The second-order valence-corrected chi connectivity index (χ2v) is 10.7. The summed E-state index contributed by atoms with van der Waals surface area (Å²) >= 11 is 3.12. The molecule has 2 aromatic rings. The summed E-state index contributed by atoms with van der Waals surface area (Å²) in [7, 11) is -6.46. The van der Waals surface area contributed by atoms with Gasteiger partial charge in [0.25, 0.3) is 0 Å². The average Bonchev–Trinajstić information content (AvgIpc) is 2.53. The summed E-state index contributed by atoms with van der Waals surface area (Å²) < 4.78 is 50.0. The van der Waals surface area contributed by atoms with Crippen LogP contribution in [0.25, 0.3) is 0 Å². The number of nitrogens with one attached hydrogen (secondary N) is 1. The van der Waals surface area contributed by atoms with Gasteiger partial charge in [0, 0.05) is 23.5 Å². The molecule has 2 rings (SSSR count). The van der Waals surface area contributed by atoms with Crippen molar-refractivity contribution < 1.29 is 21.6 Å². The number of anilines is 1. The first-order valence-electron chi connectivity index (χ1n) is 7.61. The van der Waals surface area contributed by atoms with Crippen molar-refractivity contribution in [2.24, 2.45) is 0 Å². The molecule has 0 fully saturated rings. The lowest BCUT2D eigenvalue weighted by atomic mass is 10.4. The van der Waals surface area contributed by atoms with Crippen molar-refractivity contribution in [1.29, 1.82) is 0 Å². The van der Waals surface area contributed by atoms with Gasteiger partial charge in [0.05, 0.1) is 16.3 Å². The first kappa shape index (κ1) is 21.5. The molecule has 146 valence electrons. The average molecular weight is 476 g/mol. The maximum Gasteiger partial charge on any atom is 0.244 e. The number of aromatic nitrogens is 1. The first-order valence-corrected chi connectivity index (χ1v) is 11.7. The van der Waals surface area contributed by atoms with Crippen LogP contribution in [-0.2, 0) is 24.7 Å². The van der Waals surface area contributed by atoms with E-state index >= 15 is 0 Å². The molecule has 0 aliphatic heterocycles. The van der Waals surface area contributed by atoms with Crippen LogP contribution in [0.1, 0.15) is 5.69 Å². The second-order valence-electron chi connectivity index (χ2n) is 5.84. The van der Waals surface area contributed by atoms with E-state index in [4.69, 9.17) is 0 Å². The highest BCUT2D eigenvalue weighted by atomic mass is 79.9. The van der Waals surface area contributed by atoms with Crippen LogP contribution < -0.4 is 5.32 Å². The topological polar surface area (TPSA) is 114 Å². The van der Waals surface area contributed by atoms with Crippen LogP contribution >= 0.6 is 15.9 Å². The Bertz CT molecular complexity index is 1080. The lowest BCUT2D eigenvalue weighted by molar-refractivity contribution is -0.116. The fourth-order valence-corrected chi connectivity index (χ4v) is 4.96. The van der Waals surface area contributed by atoms with Crippen LogP contribution in [0, 0.1) is 6.92 Å². The number of pyridine rings is 1. The summed E-state index contributed by atoms with van der Waals surface area (Å²) in [6.07, 6.45) is 0.985. The van der Waals surface area contributed by atoms with Gasteiger partial charge in [-0.15, -0.1) is 0 Å². The number of nitrogens with zero attached hydrogens (tertiary/aromatic N) is 2. The highest BCUT2D eigenvalue weighted by Gasteiger charge is 2.27. The summed E-state index contributed by atoms with van der Waals surface area (Å²) in [6.45, 7) is 1.30. The zero-order valence-corrected chi connectivity index (χ0v) is 18.0. The van der Waals surface area contributed by atoms with Crippen molar-refractivity contribution in [3.05, 3.63) is 46.6 Å². The van der Waals surface area contributed by atoms with Crippen LogP contribution in [0.3, 0.4) is 0 Å². The molecule has 27 heavy (non-hydrogen) atoms. The van der Waals surface area contributed by atoms with Gasteiger partial charge >= 0.3 is 0 Å². The number of carbonyl (C=O) groups is 1. The molecule has 0 bridgehead atoms. The third-order valence-electron chi connectivity index (χ3n) is 3.54. The van der Waals surface area contributed by atoms with E-state index in [1.807, 2.05) is 0 Å². The Morgan fingerprint density at radius 1 is 1.19 bits per heavy atom. The Morgan fingerprint density at radius 3 is 2.44 bits per heavy atom. The van der Waals surface area contributed by atoms with E-state index in [1.54, 1.807) is 25.1 Å². The van der Waals surface area contributed by atoms with Crippen LogP contribution in [0.5, 0.6) is 0 Å². The SMILES string of the molecule is Cc1cccc(NC(=O)CN(C)S(=O)(=O)c2cc(S(C)(=O)=O)ccc2Br)n1. The molecule has 0 saturated heterocycles. The van der Waals surface area contributed by atoms with Gasteiger partial charge in [0.2, 0.25) is 15.9 Å².